The summed E-state index contributed by atoms with van der Waals surface area (Å²) in [6.45, 7) is -0.269. The number of rotatable bonds is 6. The number of benzene rings is 1. The van der Waals surface area contributed by atoms with Crippen LogP contribution in [0.15, 0.2) is 36.4 Å². The number of carbonyl (C=O) groups is 1. The number of pyridine rings is 1. The number of alkyl halides is 2. The molecule has 2 aromatic rings. The largest absolute Gasteiger partial charge is 0.368 e. The summed E-state index contributed by atoms with van der Waals surface area (Å²) < 4.78 is 64.7. The van der Waals surface area contributed by atoms with Crippen molar-refractivity contribution in [3.05, 3.63) is 53.7 Å². The number of carbonyl (C=O) groups excluding carboxylic acids is 1. The molecule has 0 spiro atoms. The molecule has 3 heterocycles. The molecule has 3 atom stereocenters. The van der Waals surface area contributed by atoms with Gasteiger partial charge in [-0.15, -0.1) is 0 Å². The molecule has 1 amide bonds. The van der Waals surface area contributed by atoms with E-state index in [2.05, 4.69) is 9.71 Å². The van der Waals surface area contributed by atoms with Crippen LogP contribution in [0.5, 0.6) is 0 Å². The zero-order valence-corrected chi connectivity index (χ0v) is 17.5. The fourth-order valence-corrected chi connectivity index (χ4v) is 4.53. The Morgan fingerprint density at radius 3 is 2.61 bits per heavy atom. The molecule has 0 bridgehead atoms. The summed E-state index contributed by atoms with van der Waals surface area (Å²) in [7, 11) is 0. The Morgan fingerprint density at radius 2 is 2.00 bits per heavy atom. The molecule has 2 aliphatic rings. The number of halogens is 4. The third kappa shape index (κ3) is 4.56. The molecule has 0 radical (unpaired) electrons. The molecular weight excluding hydrogens is 434 g/mol. The van der Waals surface area contributed by atoms with Gasteiger partial charge in [0, 0.05) is 30.2 Å². The van der Waals surface area contributed by atoms with Crippen LogP contribution in [0.1, 0.15) is 12.1 Å². The Labute approximate surface area is 181 Å². The monoisotopic (exact) mass is 455 g/mol. The van der Waals surface area contributed by atoms with E-state index in [1.807, 2.05) is 0 Å². The second-order valence-corrected chi connectivity index (χ2v) is 8.26. The predicted molar refractivity (Wildman–Crippen MR) is 109 cm³/mol. The number of amides is 1. The summed E-state index contributed by atoms with van der Waals surface area (Å²) >= 11 is 1.06. The molecule has 1 aromatic carbocycles. The minimum atomic E-state index is -3.13. The normalized spacial score (nSPS) is 24.8. The van der Waals surface area contributed by atoms with Crippen LogP contribution in [0.25, 0.3) is 11.3 Å². The van der Waals surface area contributed by atoms with Crippen molar-refractivity contribution >= 4 is 17.9 Å². The van der Waals surface area contributed by atoms with Crippen LogP contribution in [-0.2, 0) is 16.0 Å². The number of nitrogens with zero attached hydrogens (tertiary/aromatic N) is 2. The fraction of sp³-hybridized carbons (Fsp3) is 0.429. The first-order chi connectivity index (χ1) is 14.8. The van der Waals surface area contributed by atoms with Gasteiger partial charge in [0.1, 0.15) is 23.8 Å². The zero-order valence-electron chi connectivity index (χ0n) is 16.7. The summed E-state index contributed by atoms with van der Waals surface area (Å²) in [6.07, 6.45) is 1.51. The molecule has 166 valence electrons. The van der Waals surface area contributed by atoms with Crippen molar-refractivity contribution in [2.75, 3.05) is 19.4 Å². The Kier molecular flexibility index (Phi) is 6.23. The van der Waals surface area contributed by atoms with E-state index >= 15 is 0 Å². The van der Waals surface area contributed by atoms with Crippen molar-refractivity contribution in [1.29, 1.82) is 0 Å². The van der Waals surface area contributed by atoms with Crippen molar-refractivity contribution in [1.82, 2.24) is 14.6 Å². The lowest BCUT2D eigenvalue weighted by atomic mass is 10.0. The summed E-state index contributed by atoms with van der Waals surface area (Å²) in [5.74, 6) is -5.06. The summed E-state index contributed by atoms with van der Waals surface area (Å²) in [6, 6.07) is 5.82. The molecule has 31 heavy (non-hydrogen) atoms. The molecule has 2 fully saturated rings. The molecular formula is C21H21F4N3O2S. The molecule has 5 nitrogen and oxygen atoms in total. The zero-order chi connectivity index (χ0) is 22.2. The quantitative estimate of drug-likeness (QED) is 0.534. The van der Waals surface area contributed by atoms with E-state index in [1.54, 1.807) is 24.5 Å². The lowest BCUT2D eigenvalue weighted by Gasteiger charge is -2.33. The Bertz CT molecular complexity index is 953. The van der Waals surface area contributed by atoms with Gasteiger partial charge in [0.15, 0.2) is 0 Å². The summed E-state index contributed by atoms with van der Waals surface area (Å²) in [5, 5.41) is 0. The highest BCUT2D eigenvalue weighted by Crippen LogP contribution is 2.36. The number of likely N-dealkylation sites (tertiary alicyclic amines) is 1. The van der Waals surface area contributed by atoms with Gasteiger partial charge in [0.25, 0.3) is 11.8 Å². The van der Waals surface area contributed by atoms with Gasteiger partial charge in [-0.1, -0.05) is 18.0 Å². The average Bonchev–Trinajstić information content (AvgIpc) is 2.91. The van der Waals surface area contributed by atoms with Gasteiger partial charge in [-0.3, -0.25) is 14.5 Å². The van der Waals surface area contributed by atoms with E-state index in [1.165, 1.54) is 4.90 Å². The van der Waals surface area contributed by atoms with E-state index in [4.69, 9.17) is 4.74 Å². The minimum absolute atomic E-state index is 0.0535. The van der Waals surface area contributed by atoms with Crippen LogP contribution in [0.4, 0.5) is 17.6 Å². The number of nitrogens with one attached hydrogen (secondary N) is 1. The van der Waals surface area contributed by atoms with Crippen molar-refractivity contribution in [2.24, 2.45) is 0 Å². The first-order valence-corrected chi connectivity index (χ1v) is 11.0. The molecule has 2 aliphatic heterocycles. The highest BCUT2D eigenvalue weighted by molar-refractivity contribution is 7.96. The number of hydrogen-bond donors (Lipinski definition) is 1. The lowest BCUT2D eigenvalue weighted by molar-refractivity contribution is -0.158. The lowest BCUT2D eigenvalue weighted by Crippen LogP contribution is -2.51. The van der Waals surface area contributed by atoms with E-state index in [0.717, 1.165) is 30.1 Å². The van der Waals surface area contributed by atoms with Crippen LogP contribution < -0.4 is 4.72 Å². The van der Waals surface area contributed by atoms with Gasteiger partial charge in [0.2, 0.25) is 0 Å². The van der Waals surface area contributed by atoms with Crippen molar-refractivity contribution < 1.29 is 27.1 Å². The first kappa shape index (κ1) is 22.0. The number of aromatic nitrogens is 1. The van der Waals surface area contributed by atoms with Gasteiger partial charge < -0.3 is 9.64 Å². The standard InChI is InChI=1S/C21H21F4N3O2S/c1-31-27-19-17(28(11-21(19,24)25)20(29)18-5-6-30-18)10-15-3-2-4-16(26-15)12-7-13(22)9-14(23)8-12/h2-4,7-9,17-19,27H,5-6,10-11H2,1H3/t17-,18?,19+/m0/s1. The van der Waals surface area contributed by atoms with Gasteiger partial charge in [-0.2, -0.15) is 0 Å². The summed E-state index contributed by atoms with van der Waals surface area (Å²) in [5.41, 5.74) is 0.992. The number of hydrogen-bond acceptors (Lipinski definition) is 5. The molecule has 10 heteroatoms. The van der Waals surface area contributed by atoms with Crippen molar-refractivity contribution in [3.63, 3.8) is 0 Å². The first-order valence-electron chi connectivity index (χ1n) is 9.79. The smallest absolute Gasteiger partial charge is 0.283 e. The maximum absolute atomic E-state index is 14.8. The van der Waals surface area contributed by atoms with E-state index in [9.17, 15) is 22.4 Å². The van der Waals surface area contributed by atoms with Crippen molar-refractivity contribution in [3.8, 4) is 11.3 Å². The maximum Gasteiger partial charge on any atom is 0.283 e. The third-order valence-electron chi connectivity index (χ3n) is 5.51. The number of ether oxygens (including phenoxy) is 1. The molecule has 4 rings (SSSR count). The van der Waals surface area contributed by atoms with E-state index in [-0.39, 0.29) is 12.0 Å². The van der Waals surface area contributed by atoms with Crippen LogP contribution in [0.2, 0.25) is 0 Å². The van der Waals surface area contributed by atoms with E-state index in [0.29, 0.717) is 24.4 Å². The third-order valence-corrected chi connectivity index (χ3v) is 6.00. The highest BCUT2D eigenvalue weighted by atomic mass is 32.2. The van der Waals surface area contributed by atoms with Crippen molar-refractivity contribution in [2.45, 2.75) is 37.0 Å². The summed E-state index contributed by atoms with van der Waals surface area (Å²) in [4.78, 5) is 18.4. The van der Waals surface area contributed by atoms with E-state index < -0.39 is 48.2 Å². The molecule has 0 saturated carbocycles. The minimum Gasteiger partial charge on any atom is -0.368 e. The highest BCUT2D eigenvalue weighted by Gasteiger charge is 2.56. The Balaban J connectivity index is 1.63. The molecule has 1 N–H and O–H groups in total. The predicted octanol–water partition coefficient (Wildman–Crippen LogP) is 3.44. The van der Waals surface area contributed by atoms with Gasteiger partial charge in [-0.05, 0) is 30.5 Å². The van der Waals surface area contributed by atoms with Crippen LogP contribution >= 0.6 is 11.9 Å². The van der Waals surface area contributed by atoms with Gasteiger partial charge in [0.05, 0.1) is 24.9 Å². The maximum atomic E-state index is 14.8. The van der Waals surface area contributed by atoms with Crippen LogP contribution in [-0.4, -0.2) is 59.3 Å². The Morgan fingerprint density at radius 1 is 1.29 bits per heavy atom. The molecule has 2 saturated heterocycles. The van der Waals surface area contributed by atoms with Gasteiger partial charge >= 0.3 is 0 Å². The van der Waals surface area contributed by atoms with Crippen LogP contribution in [0.3, 0.4) is 0 Å². The average molecular weight is 455 g/mol. The molecule has 1 unspecified atom stereocenters. The van der Waals surface area contributed by atoms with Gasteiger partial charge in [-0.25, -0.2) is 17.6 Å². The topological polar surface area (TPSA) is 54.5 Å². The SMILES string of the molecule is CSN[C@@H]1[C@H](Cc2cccc(-c3cc(F)cc(F)c3)n2)N(C(=O)C2CCO2)CC1(F)F. The van der Waals surface area contributed by atoms with Crippen LogP contribution in [0, 0.1) is 11.6 Å². The second-order valence-electron chi connectivity index (χ2n) is 7.62. The Hall–Kier alpha value is -2.17. The molecule has 1 aromatic heterocycles. The fourth-order valence-electron chi connectivity index (χ4n) is 3.95. The second kappa shape index (κ2) is 8.76. The molecule has 0 aliphatic carbocycles.